The van der Waals surface area contributed by atoms with Crippen LogP contribution >= 0.6 is 15.9 Å². The van der Waals surface area contributed by atoms with Crippen molar-refractivity contribution in [1.29, 1.82) is 0 Å². The highest BCUT2D eigenvalue weighted by molar-refractivity contribution is 9.10. The zero-order valence-electron chi connectivity index (χ0n) is 10.6. The average Bonchev–Trinajstić information content (AvgIpc) is 2.48. The predicted molar refractivity (Wildman–Crippen MR) is 83.2 cm³/mol. The second-order valence-corrected chi connectivity index (χ2v) is 5.41. The maximum atomic E-state index is 13.7. The molecule has 0 aliphatic carbocycles. The maximum Gasteiger partial charge on any atom is 0.146 e. The van der Waals surface area contributed by atoms with E-state index in [1.54, 1.807) is 18.3 Å². The third-order valence-electron chi connectivity index (χ3n) is 3.17. The highest BCUT2D eigenvalue weighted by Gasteiger charge is 2.04. The van der Waals surface area contributed by atoms with Crippen LogP contribution in [0.4, 0.5) is 10.1 Å². The Hall–Kier alpha value is -1.94. The van der Waals surface area contributed by atoms with E-state index >= 15 is 0 Å². The Labute approximate surface area is 124 Å². The molecule has 1 aromatic heterocycles. The van der Waals surface area contributed by atoms with E-state index in [2.05, 4.69) is 26.2 Å². The largest absolute Gasteiger partial charge is 0.379 e. The Balaban J connectivity index is 1.89. The van der Waals surface area contributed by atoms with Gasteiger partial charge in [-0.2, -0.15) is 0 Å². The van der Waals surface area contributed by atoms with Gasteiger partial charge in [0.2, 0.25) is 0 Å². The van der Waals surface area contributed by atoms with Crippen LogP contribution in [-0.4, -0.2) is 4.98 Å². The van der Waals surface area contributed by atoms with Crippen LogP contribution in [0.2, 0.25) is 0 Å². The molecule has 4 heteroatoms. The fourth-order valence-corrected chi connectivity index (χ4v) is 2.53. The first-order valence-corrected chi connectivity index (χ1v) is 7.04. The van der Waals surface area contributed by atoms with Gasteiger partial charge in [-0.25, -0.2) is 4.39 Å². The van der Waals surface area contributed by atoms with E-state index in [1.165, 1.54) is 6.07 Å². The Morgan fingerprint density at radius 1 is 1.15 bits per heavy atom. The molecule has 0 radical (unpaired) electrons. The van der Waals surface area contributed by atoms with Gasteiger partial charge in [0.25, 0.3) is 0 Å². The molecule has 0 saturated carbocycles. The number of nitrogens with zero attached hydrogens (tertiary/aromatic N) is 1. The lowest BCUT2D eigenvalue weighted by molar-refractivity contribution is 0.630. The van der Waals surface area contributed by atoms with E-state index < -0.39 is 0 Å². The van der Waals surface area contributed by atoms with E-state index in [0.29, 0.717) is 12.2 Å². The van der Waals surface area contributed by atoms with Gasteiger partial charge >= 0.3 is 0 Å². The highest BCUT2D eigenvalue weighted by Crippen LogP contribution is 2.22. The molecule has 0 spiro atoms. The fraction of sp³-hybridized carbons (Fsp3) is 0.0625. The van der Waals surface area contributed by atoms with Gasteiger partial charge in [0.15, 0.2) is 0 Å². The Morgan fingerprint density at radius 3 is 2.95 bits per heavy atom. The van der Waals surface area contributed by atoms with Gasteiger partial charge in [-0.1, -0.05) is 34.1 Å². The average molecular weight is 331 g/mol. The summed E-state index contributed by atoms with van der Waals surface area (Å²) in [6.45, 7) is 0.564. The third-order valence-corrected chi connectivity index (χ3v) is 3.66. The van der Waals surface area contributed by atoms with E-state index in [4.69, 9.17) is 0 Å². The Kier molecular flexibility index (Phi) is 3.65. The molecule has 0 bridgehead atoms. The van der Waals surface area contributed by atoms with Crippen LogP contribution in [0.1, 0.15) is 5.56 Å². The summed E-state index contributed by atoms with van der Waals surface area (Å²) in [5.41, 5.74) is 1.61. The number of fused-ring (bicyclic) bond motifs is 1. The van der Waals surface area contributed by atoms with Crippen molar-refractivity contribution in [1.82, 2.24) is 4.98 Å². The van der Waals surface area contributed by atoms with Gasteiger partial charge in [-0.15, -0.1) is 0 Å². The lowest BCUT2D eigenvalue weighted by Gasteiger charge is -2.10. The molecule has 0 aliphatic heterocycles. The molecule has 2 aromatic carbocycles. The van der Waals surface area contributed by atoms with Gasteiger partial charge in [0.05, 0.1) is 5.69 Å². The van der Waals surface area contributed by atoms with Crippen molar-refractivity contribution < 1.29 is 4.39 Å². The van der Waals surface area contributed by atoms with Crippen molar-refractivity contribution in [2.45, 2.75) is 6.54 Å². The zero-order chi connectivity index (χ0) is 13.9. The summed E-state index contributed by atoms with van der Waals surface area (Å²) in [7, 11) is 0. The molecular formula is C16H12BrFN2. The van der Waals surface area contributed by atoms with Crippen LogP contribution in [0.25, 0.3) is 10.8 Å². The lowest BCUT2D eigenvalue weighted by Crippen LogP contribution is -2.02. The van der Waals surface area contributed by atoms with Gasteiger partial charge in [-0.3, -0.25) is 4.98 Å². The molecule has 0 atom stereocenters. The molecule has 0 fully saturated rings. The van der Waals surface area contributed by atoms with Crippen LogP contribution in [-0.2, 0) is 6.54 Å². The topological polar surface area (TPSA) is 24.9 Å². The number of rotatable bonds is 3. The molecule has 3 aromatic rings. The van der Waals surface area contributed by atoms with Crippen LogP contribution in [0.15, 0.2) is 59.3 Å². The van der Waals surface area contributed by atoms with E-state index in [1.807, 2.05) is 30.5 Å². The van der Waals surface area contributed by atoms with Crippen molar-refractivity contribution in [3.8, 4) is 0 Å². The van der Waals surface area contributed by atoms with Crippen molar-refractivity contribution in [3.63, 3.8) is 0 Å². The molecule has 2 nitrogen and oxygen atoms in total. The van der Waals surface area contributed by atoms with Crippen molar-refractivity contribution >= 4 is 32.4 Å². The molecule has 1 N–H and O–H groups in total. The molecule has 100 valence electrons. The molecule has 0 amide bonds. The number of nitrogens with one attached hydrogen (secondary N) is 1. The minimum Gasteiger partial charge on any atom is -0.379 e. The monoisotopic (exact) mass is 330 g/mol. The minimum absolute atomic E-state index is 0.255. The summed E-state index contributed by atoms with van der Waals surface area (Å²) in [5, 5.41) is 5.35. The smallest absolute Gasteiger partial charge is 0.146 e. The van der Waals surface area contributed by atoms with Crippen LogP contribution in [0, 0.1) is 5.82 Å². The van der Waals surface area contributed by atoms with Crippen LogP contribution in [0.5, 0.6) is 0 Å². The van der Waals surface area contributed by atoms with E-state index in [0.717, 1.165) is 20.8 Å². The minimum atomic E-state index is -0.255. The molecule has 0 aliphatic rings. The Morgan fingerprint density at radius 2 is 2.05 bits per heavy atom. The van der Waals surface area contributed by atoms with E-state index in [-0.39, 0.29) is 5.82 Å². The first-order valence-electron chi connectivity index (χ1n) is 6.24. The van der Waals surface area contributed by atoms with Crippen molar-refractivity contribution in [3.05, 3.63) is 70.7 Å². The molecule has 0 saturated heterocycles. The van der Waals surface area contributed by atoms with Gasteiger partial charge < -0.3 is 5.32 Å². The number of pyridine rings is 1. The number of hydrogen-bond acceptors (Lipinski definition) is 2. The molecule has 20 heavy (non-hydrogen) atoms. The molecular weight excluding hydrogens is 319 g/mol. The first kappa shape index (κ1) is 13.1. The summed E-state index contributed by atoms with van der Waals surface area (Å²) < 4.78 is 14.5. The number of anilines is 1. The van der Waals surface area contributed by atoms with Gasteiger partial charge in [-0.05, 0) is 35.2 Å². The molecule has 1 heterocycles. The van der Waals surface area contributed by atoms with Crippen molar-refractivity contribution in [2.75, 3.05) is 5.32 Å². The molecule has 3 rings (SSSR count). The number of hydrogen-bond donors (Lipinski definition) is 1. The summed E-state index contributed by atoms with van der Waals surface area (Å²) >= 11 is 3.35. The number of aromatic nitrogens is 1. The van der Waals surface area contributed by atoms with Crippen LogP contribution in [0.3, 0.4) is 0 Å². The summed E-state index contributed by atoms with van der Waals surface area (Å²) in [6, 6.07) is 12.9. The standard InChI is InChI=1S/C16H12BrFN2/c17-13-4-5-15(18)16(8-13)20-10-12-3-1-2-11-9-19-7-6-14(11)12/h1-9,20H,10H2. The quantitative estimate of drug-likeness (QED) is 0.749. The SMILES string of the molecule is Fc1ccc(Br)cc1NCc1cccc2cnccc12. The van der Waals surface area contributed by atoms with E-state index in [9.17, 15) is 4.39 Å². The second kappa shape index (κ2) is 5.59. The summed E-state index contributed by atoms with van der Waals surface area (Å²) in [4.78, 5) is 4.11. The predicted octanol–water partition coefficient (Wildman–Crippen LogP) is 4.75. The lowest BCUT2D eigenvalue weighted by atomic mass is 10.1. The summed E-state index contributed by atoms with van der Waals surface area (Å²) in [6.07, 6.45) is 3.60. The summed E-state index contributed by atoms with van der Waals surface area (Å²) in [5.74, 6) is -0.255. The first-order chi connectivity index (χ1) is 9.74. The second-order valence-electron chi connectivity index (χ2n) is 4.49. The third kappa shape index (κ3) is 2.65. The number of halogens is 2. The normalized spacial score (nSPS) is 10.7. The zero-order valence-corrected chi connectivity index (χ0v) is 12.2. The maximum absolute atomic E-state index is 13.7. The molecule has 0 unspecified atom stereocenters. The highest BCUT2D eigenvalue weighted by atomic mass is 79.9. The fourth-order valence-electron chi connectivity index (χ4n) is 2.17. The van der Waals surface area contributed by atoms with Gasteiger partial charge in [0, 0.05) is 28.8 Å². The van der Waals surface area contributed by atoms with Crippen molar-refractivity contribution in [2.24, 2.45) is 0 Å². The van der Waals surface area contributed by atoms with Crippen LogP contribution < -0.4 is 5.32 Å². The Bertz CT molecular complexity index is 753. The number of benzene rings is 2. The van der Waals surface area contributed by atoms with Gasteiger partial charge in [0.1, 0.15) is 5.82 Å².